The molecule has 0 unspecified atom stereocenters. The number of methoxy groups -OCH3 is 1. The molecule has 3 aromatic carbocycles. The normalized spacial score (nSPS) is 10.8. The van der Waals surface area contributed by atoms with Crippen LogP contribution in [0.1, 0.15) is 11.1 Å². The van der Waals surface area contributed by atoms with Crippen LogP contribution in [0, 0.1) is 0 Å². The lowest BCUT2D eigenvalue weighted by atomic mass is 9.99. The fourth-order valence-electron chi connectivity index (χ4n) is 2.51. The molecule has 0 radical (unpaired) electrons. The van der Waals surface area contributed by atoms with Gasteiger partial charge in [-0.15, -0.1) is 0 Å². The van der Waals surface area contributed by atoms with Crippen molar-refractivity contribution < 1.29 is 4.74 Å². The van der Waals surface area contributed by atoms with Crippen LogP contribution in [-0.4, -0.2) is 7.11 Å². The minimum Gasteiger partial charge on any atom is -0.496 e. The summed E-state index contributed by atoms with van der Waals surface area (Å²) in [5.41, 5.74) is 4.73. The zero-order valence-electron chi connectivity index (χ0n) is 12.6. The predicted molar refractivity (Wildman–Crippen MR) is 93.8 cm³/mol. The number of para-hydroxylation sites is 1. The molecule has 0 atom stereocenters. The van der Waals surface area contributed by atoms with E-state index in [1.807, 2.05) is 24.3 Å². The van der Waals surface area contributed by atoms with E-state index >= 15 is 0 Å². The lowest BCUT2D eigenvalue weighted by Gasteiger charge is -2.07. The van der Waals surface area contributed by atoms with Crippen molar-refractivity contribution in [1.29, 1.82) is 0 Å². The Kier molecular flexibility index (Phi) is 4.35. The molecule has 0 aliphatic heterocycles. The third kappa shape index (κ3) is 3.09. The molecular formula is C21H18O. The van der Waals surface area contributed by atoms with Gasteiger partial charge in [0.1, 0.15) is 5.75 Å². The molecule has 1 heteroatoms. The third-order valence-corrected chi connectivity index (χ3v) is 3.63. The summed E-state index contributed by atoms with van der Waals surface area (Å²) in [6, 6.07) is 26.9. The molecule has 0 aliphatic rings. The first-order chi connectivity index (χ1) is 10.9. The molecule has 0 bridgehead atoms. The first-order valence-electron chi connectivity index (χ1n) is 7.34. The smallest absolute Gasteiger partial charge is 0.126 e. The summed E-state index contributed by atoms with van der Waals surface area (Å²) in [6.45, 7) is 0. The highest BCUT2D eigenvalue weighted by atomic mass is 16.5. The SMILES string of the molecule is COc1ccccc1C=Cc1ccccc1-c1ccccc1. The van der Waals surface area contributed by atoms with Crippen molar-refractivity contribution in [3.05, 3.63) is 90.0 Å². The van der Waals surface area contributed by atoms with Crippen LogP contribution in [0.15, 0.2) is 78.9 Å². The van der Waals surface area contributed by atoms with Gasteiger partial charge in [0.05, 0.1) is 7.11 Å². The van der Waals surface area contributed by atoms with E-state index in [2.05, 4.69) is 66.7 Å². The number of rotatable bonds is 4. The molecule has 0 saturated heterocycles. The summed E-state index contributed by atoms with van der Waals surface area (Å²) in [6.07, 6.45) is 4.24. The van der Waals surface area contributed by atoms with Gasteiger partial charge < -0.3 is 4.74 Å². The van der Waals surface area contributed by atoms with Gasteiger partial charge in [0.25, 0.3) is 0 Å². The second-order valence-electron chi connectivity index (χ2n) is 5.03. The van der Waals surface area contributed by atoms with E-state index in [4.69, 9.17) is 4.74 Å². The van der Waals surface area contributed by atoms with Crippen LogP contribution in [0.3, 0.4) is 0 Å². The fourth-order valence-corrected chi connectivity index (χ4v) is 2.51. The lowest BCUT2D eigenvalue weighted by molar-refractivity contribution is 0.414. The van der Waals surface area contributed by atoms with Crippen molar-refractivity contribution in [2.24, 2.45) is 0 Å². The van der Waals surface area contributed by atoms with Crippen LogP contribution in [0.4, 0.5) is 0 Å². The van der Waals surface area contributed by atoms with Gasteiger partial charge in [-0.3, -0.25) is 0 Å². The van der Waals surface area contributed by atoms with Crippen molar-refractivity contribution in [1.82, 2.24) is 0 Å². The van der Waals surface area contributed by atoms with Crippen LogP contribution >= 0.6 is 0 Å². The molecule has 0 spiro atoms. The molecule has 0 fully saturated rings. The van der Waals surface area contributed by atoms with Gasteiger partial charge in [-0.1, -0.05) is 84.9 Å². The molecule has 1 nitrogen and oxygen atoms in total. The largest absolute Gasteiger partial charge is 0.496 e. The van der Waals surface area contributed by atoms with E-state index in [-0.39, 0.29) is 0 Å². The van der Waals surface area contributed by atoms with Crippen LogP contribution in [0.5, 0.6) is 5.75 Å². The Bertz CT molecular complexity index is 773. The van der Waals surface area contributed by atoms with Gasteiger partial charge in [0, 0.05) is 5.56 Å². The number of benzene rings is 3. The first-order valence-corrected chi connectivity index (χ1v) is 7.34. The molecular weight excluding hydrogens is 268 g/mol. The van der Waals surface area contributed by atoms with E-state index in [0.29, 0.717) is 0 Å². The molecule has 3 aromatic rings. The van der Waals surface area contributed by atoms with Crippen LogP contribution in [0.2, 0.25) is 0 Å². The zero-order chi connectivity index (χ0) is 15.2. The second-order valence-corrected chi connectivity index (χ2v) is 5.03. The Labute approximate surface area is 131 Å². The van der Waals surface area contributed by atoms with E-state index in [1.165, 1.54) is 16.7 Å². The molecule has 0 heterocycles. The second kappa shape index (κ2) is 6.77. The molecule has 0 aliphatic carbocycles. The van der Waals surface area contributed by atoms with Gasteiger partial charge >= 0.3 is 0 Å². The van der Waals surface area contributed by atoms with E-state index < -0.39 is 0 Å². The average molecular weight is 286 g/mol. The first kappa shape index (κ1) is 14.2. The minimum atomic E-state index is 0.885. The highest BCUT2D eigenvalue weighted by Crippen LogP contribution is 2.26. The fraction of sp³-hybridized carbons (Fsp3) is 0.0476. The van der Waals surface area contributed by atoms with Crippen molar-refractivity contribution in [2.45, 2.75) is 0 Å². The van der Waals surface area contributed by atoms with Crippen LogP contribution in [-0.2, 0) is 0 Å². The molecule has 108 valence electrons. The van der Waals surface area contributed by atoms with Gasteiger partial charge in [0.15, 0.2) is 0 Å². The summed E-state index contributed by atoms with van der Waals surface area (Å²) in [5, 5.41) is 0. The predicted octanol–water partition coefficient (Wildman–Crippen LogP) is 5.53. The Morgan fingerprint density at radius 1 is 0.636 bits per heavy atom. The van der Waals surface area contributed by atoms with Gasteiger partial charge in [-0.2, -0.15) is 0 Å². The number of hydrogen-bond acceptors (Lipinski definition) is 1. The summed E-state index contributed by atoms with van der Waals surface area (Å²) < 4.78 is 5.40. The molecule has 0 saturated carbocycles. The molecule has 22 heavy (non-hydrogen) atoms. The molecule has 0 aromatic heterocycles. The van der Waals surface area contributed by atoms with Crippen LogP contribution < -0.4 is 4.74 Å². The maximum atomic E-state index is 5.40. The van der Waals surface area contributed by atoms with Crippen molar-refractivity contribution in [2.75, 3.05) is 7.11 Å². The van der Waals surface area contributed by atoms with Crippen LogP contribution in [0.25, 0.3) is 23.3 Å². The van der Waals surface area contributed by atoms with E-state index in [1.54, 1.807) is 7.11 Å². The Morgan fingerprint density at radius 2 is 1.23 bits per heavy atom. The standard InChI is InChI=1S/C21H18O/c1-22-21-14-8-6-12-19(21)16-15-18-11-5-7-13-20(18)17-9-3-2-4-10-17/h2-16H,1H3. The summed E-state index contributed by atoms with van der Waals surface area (Å²) in [7, 11) is 1.70. The van der Waals surface area contributed by atoms with Gasteiger partial charge in [-0.05, 0) is 22.8 Å². The maximum absolute atomic E-state index is 5.40. The number of hydrogen-bond donors (Lipinski definition) is 0. The summed E-state index contributed by atoms with van der Waals surface area (Å²) >= 11 is 0. The average Bonchev–Trinajstić information content (AvgIpc) is 2.61. The lowest BCUT2D eigenvalue weighted by Crippen LogP contribution is -1.86. The van der Waals surface area contributed by atoms with Gasteiger partial charge in [0.2, 0.25) is 0 Å². The Morgan fingerprint density at radius 3 is 2.00 bits per heavy atom. The number of ether oxygens (including phenoxy) is 1. The summed E-state index contributed by atoms with van der Waals surface area (Å²) in [4.78, 5) is 0. The highest BCUT2D eigenvalue weighted by Gasteiger charge is 2.02. The van der Waals surface area contributed by atoms with E-state index in [0.717, 1.165) is 11.3 Å². The Balaban J connectivity index is 1.98. The molecule has 0 amide bonds. The maximum Gasteiger partial charge on any atom is 0.126 e. The van der Waals surface area contributed by atoms with Crippen molar-refractivity contribution in [3.8, 4) is 16.9 Å². The minimum absolute atomic E-state index is 0.885. The van der Waals surface area contributed by atoms with Gasteiger partial charge in [-0.25, -0.2) is 0 Å². The van der Waals surface area contributed by atoms with E-state index in [9.17, 15) is 0 Å². The van der Waals surface area contributed by atoms with Crippen molar-refractivity contribution in [3.63, 3.8) is 0 Å². The highest BCUT2D eigenvalue weighted by molar-refractivity contribution is 5.81. The monoisotopic (exact) mass is 286 g/mol. The molecule has 3 rings (SSSR count). The third-order valence-electron chi connectivity index (χ3n) is 3.63. The topological polar surface area (TPSA) is 9.23 Å². The molecule has 0 N–H and O–H groups in total. The Hall–Kier alpha value is -2.80. The summed E-state index contributed by atoms with van der Waals surface area (Å²) in [5.74, 6) is 0.885. The van der Waals surface area contributed by atoms with Crippen molar-refractivity contribution >= 4 is 12.2 Å². The quantitative estimate of drug-likeness (QED) is 0.573. The zero-order valence-corrected chi connectivity index (χ0v) is 12.6.